The van der Waals surface area contributed by atoms with Gasteiger partial charge in [-0.2, -0.15) is 13.2 Å². The smallest absolute Gasteiger partial charge is 0.329 e. The molecule has 0 aliphatic rings. The molecule has 3 nitrogen and oxygen atoms in total. The fourth-order valence-corrected chi connectivity index (χ4v) is 2.46. The molecule has 1 N–H and O–H groups in total. The molecule has 0 spiro atoms. The van der Waals surface area contributed by atoms with Crippen LogP contribution in [0, 0.1) is 11.7 Å². The highest BCUT2D eigenvalue weighted by molar-refractivity contribution is 7.71. The number of halogens is 3. The van der Waals surface area contributed by atoms with Crippen LogP contribution in [0.3, 0.4) is 0 Å². The summed E-state index contributed by atoms with van der Waals surface area (Å²) in [4.78, 5) is 7.28. The van der Waals surface area contributed by atoms with Crippen molar-refractivity contribution >= 4 is 23.4 Å². The third kappa shape index (κ3) is 2.33. The van der Waals surface area contributed by atoms with Crippen molar-refractivity contribution in [3.05, 3.63) is 52.4 Å². The fourth-order valence-electron chi connectivity index (χ4n) is 2.17. The van der Waals surface area contributed by atoms with E-state index in [2.05, 4.69) is 9.97 Å². The summed E-state index contributed by atoms with van der Waals surface area (Å²) >= 11 is 5.25. The SMILES string of the molecule is Cc1ccnc2c1[nH]c(=S)n2-c1ccc(C(F)(F)F)cc1. The van der Waals surface area contributed by atoms with Crippen LogP contribution in [0.4, 0.5) is 13.2 Å². The van der Waals surface area contributed by atoms with E-state index in [1.165, 1.54) is 12.1 Å². The van der Waals surface area contributed by atoms with Crippen LogP contribution in [-0.2, 0) is 6.18 Å². The summed E-state index contributed by atoms with van der Waals surface area (Å²) in [6.45, 7) is 1.91. The van der Waals surface area contributed by atoms with Crippen LogP contribution in [-0.4, -0.2) is 14.5 Å². The molecule has 108 valence electrons. The molecular weight excluding hydrogens is 299 g/mol. The van der Waals surface area contributed by atoms with Crippen LogP contribution in [0.2, 0.25) is 0 Å². The molecule has 0 aliphatic heterocycles. The zero-order valence-corrected chi connectivity index (χ0v) is 11.7. The molecule has 0 saturated carbocycles. The normalized spacial score (nSPS) is 12.0. The van der Waals surface area contributed by atoms with E-state index in [9.17, 15) is 13.2 Å². The van der Waals surface area contributed by atoms with Crippen molar-refractivity contribution in [2.75, 3.05) is 0 Å². The average molecular weight is 309 g/mol. The van der Waals surface area contributed by atoms with E-state index in [4.69, 9.17) is 12.2 Å². The molecule has 0 unspecified atom stereocenters. The predicted octanol–water partition coefficient (Wildman–Crippen LogP) is 4.41. The van der Waals surface area contributed by atoms with Gasteiger partial charge in [0.15, 0.2) is 10.4 Å². The Bertz CT molecular complexity index is 860. The van der Waals surface area contributed by atoms with Crippen LogP contribution < -0.4 is 0 Å². The molecule has 0 aliphatic carbocycles. The van der Waals surface area contributed by atoms with Crippen LogP contribution in [0.5, 0.6) is 0 Å². The van der Waals surface area contributed by atoms with Crippen molar-refractivity contribution in [3.63, 3.8) is 0 Å². The first kappa shape index (κ1) is 13.8. The monoisotopic (exact) mass is 309 g/mol. The molecule has 0 amide bonds. The number of aromatic amines is 1. The Morgan fingerprint density at radius 3 is 2.43 bits per heavy atom. The molecule has 0 saturated heterocycles. The van der Waals surface area contributed by atoms with Gasteiger partial charge < -0.3 is 4.98 Å². The van der Waals surface area contributed by atoms with Crippen molar-refractivity contribution < 1.29 is 13.2 Å². The maximum Gasteiger partial charge on any atom is 0.416 e. The standard InChI is InChI=1S/C14H10F3N3S/c1-8-6-7-18-12-11(8)19-13(21)20(12)10-4-2-9(3-5-10)14(15,16)17/h2-7H,1H3,(H,19,21). The van der Waals surface area contributed by atoms with E-state index in [0.29, 0.717) is 16.1 Å². The van der Waals surface area contributed by atoms with E-state index in [0.717, 1.165) is 23.2 Å². The van der Waals surface area contributed by atoms with Gasteiger partial charge in [-0.15, -0.1) is 0 Å². The molecule has 1 aromatic carbocycles. The lowest BCUT2D eigenvalue weighted by Crippen LogP contribution is -2.05. The summed E-state index contributed by atoms with van der Waals surface area (Å²) < 4.78 is 39.8. The number of aryl methyl sites for hydroxylation is 1. The third-order valence-corrected chi connectivity index (χ3v) is 3.52. The van der Waals surface area contributed by atoms with Crippen LogP contribution in [0.25, 0.3) is 16.9 Å². The van der Waals surface area contributed by atoms with Crippen molar-refractivity contribution in [1.29, 1.82) is 0 Å². The lowest BCUT2D eigenvalue weighted by atomic mass is 10.2. The number of fused-ring (bicyclic) bond motifs is 1. The average Bonchev–Trinajstić information content (AvgIpc) is 2.76. The molecule has 0 atom stereocenters. The first-order valence-corrected chi connectivity index (χ1v) is 6.53. The second-order valence-electron chi connectivity index (χ2n) is 4.64. The predicted molar refractivity (Wildman–Crippen MR) is 76.0 cm³/mol. The minimum Gasteiger partial charge on any atom is -0.329 e. The van der Waals surface area contributed by atoms with Crippen LogP contribution >= 0.6 is 12.2 Å². The van der Waals surface area contributed by atoms with Crippen molar-refractivity contribution in [2.45, 2.75) is 13.1 Å². The van der Waals surface area contributed by atoms with Gasteiger partial charge in [-0.1, -0.05) is 0 Å². The lowest BCUT2D eigenvalue weighted by Gasteiger charge is -2.08. The fraction of sp³-hybridized carbons (Fsp3) is 0.143. The number of aromatic nitrogens is 3. The maximum atomic E-state index is 12.6. The topological polar surface area (TPSA) is 33.6 Å². The molecule has 7 heteroatoms. The number of pyridine rings is 1. The molecule has 3 aromatic rings. The van der Waals surface area contributed by atoms with Gasteiger partial charge in [0.25, 0.3) is 0 Å². The van der Waals surface area contributed by atoms with Gasteiger partial charge in [0.1, 0.15) is 0 Å². The van der Waals surface area contributed by atoms with Gasteiger partial charge in [0, 0.05) is 11.9 Å². The van der Waals surface area contributed by atoms with Crippen LogP contribution in [0.1, 0.15) is 11.1 Å². The van der Waals surface area contributed by atoms with E-state index in [1.54, 1.807) is 10.8 Å². The highest BCUT2D eigenvalue weighted by Gasteiger charge is 2.30. The Hall–Kier alpha value is -2.15. The van der Waals surface area contributed by atoms with E-state index in [-0.39, 0.29) is 0 Å². The largest absolute Gasteiger partial charge is 0.416 e. The van der Waals surface area contributed by atoms with Gasteiger partial charge in [-0.25, -0.2) is 4.98 Å². The highest BCUT2D eigenvalue weighted by atomic mass is 32.1. The van der Waals surface area contributed by atoms with Crippen molar-refractivity contribution in [3.8, 4) is 5.69 Å². The van der Waals surface area contributed by atoms with Crippen molar-refractivity contribution in [1.82, 2.24) is 14.5 Å². The molecule has 3 rings (SSSR count). The summed E-state index contributed by atoms with van der Waals surface area (Å²) in [7, 11) is 0. The quantitative estimate of drug-likeness (QED) is 0.676. The number of rotatable bonds is 1. The summed E-state index contributed by atoms with van der Waals surface area (Å²) in [5.41, 5.74) is 2.19. The van der Waals surface area contributed by atoms with Gasteiger partial charge in [-0.3, -0.25) is 4.57 Å². The van der Waals surface area contributed by atoms with Gasteiger partial charge in [0.05, 0.1) is 11.1 Å². The number of nitrogens with one attached hydrogen (secondary N) is 1. The number of benzene rings is 1. The van der Waals surface area contributed by atoms with Crippen molar-refractivity contribution in [2.24, 2.45) is 0 Å². The van der Waals surface area contributed by atoms with Gasteiger partial charge in [0.2, 0.25) is 0 Å². The molecule has 0 bridgehead atoms. The minimum absolute atomic E-state index is 0.395. The first-order valence-electron chi connectivity index (χ1n) is 6.12. The van der Waals surface area contributed by atoms with Crippen LogP contribution in [0.15, 0.2) is 36.5 Å². The number of hydrogen-bond acceptors (Lipinski definition) is 2. The third-order valence-electron chi connectivity index (χ3n) is 3.24. The number of hydrogen-bond donors (Lipinski definition) is 1. The summed E-state index contributed by atoms with van der Waals surface area (Å²) in [5.74, 6) is 0. The number of H-pyrrole nitrogens is 1. The zero-order chi connectivity index (χ0) is 15.2. The van der Waals surface area contributed by atoms with E-state index < -0.39 is 11.7 Å². The Kier molecular flexibility index (Phi) is 3.09. The molecule has 2 heterocycles. The van der Waals surface area contributed by atoms with E-state index >= 15 is 0 Å². The van der Waals surface area contributed by atoms with E-state index in [1.807, 2.05) is 13.0 Å². The molecule has 0 fully saturated rings. The Morgan fingerprint density at radius 1 is 1.14 bits per heavy atom. The number of nitrogens with zero attached hydrogens (tertiary/aromatic N) is 2. The van der Waals surface area contributed by atoms with Gasteiger partial charge >= 0.3 is 6.18 Å². The molecule has 2 aromatic heterocycles. The van der Waals surface area contributed by atoms with Gasteiger partial charge in [-0.05, 0) is 55.0 Å². The zero-order valence-electron chi connectivity index (χ0n) is 10.9. The second-order valence-corrected chi connectivity index (χ2v) is 5.02. The Balaban J connectivity index is 2.19. The summed E-state index contributed by atoms with van der Waals surface area (Å²) in [5, 5.41) is 0. The highest BCUT2D eigenvalue weighted by Crippen LogP contribution is 2.30. The number of alkyl halides is 3. The first-order chi connectivity index (χ1) is 9.88. The number of imidazole rings is 1. The minimum atomic E-state index is -4.35. The molecular formula is C14H10F3N3S. The Morgan fingerprint density at radius 2 is 1.81 bits per heavy atom. The maximum absolute atomic E-state index is 12.6. The summed E-state index contributed by atoms with van der Waals surface area (Å²) in [6.07, 6.45) is -2.71. The molecule has 21 heavy (non-hydrogen) atoms. The second kappa shape index (κ2) is 4.70. The lowest BCUT2D eigenvalue weighted by molar-refractivity contribution is -0.137. The summed E-state index contributed by atoms with van der Waals surface area (Å²) in [6, 6.07) is 6.67. The Labute approximate surface area is 123 Å². The molecule has 0 radical (unpaired) electrons.